The molecule has 162 valence electrons. The molecule has 0 spiro atoms. The second-order valence-electron chi connectivity index (χ2n) is 8.31. The SMILES string of the molecule is Cc1nc(Cc2cccc3ccccc23)sc1CC(=O)N1CCN(c2ccccc2)CC1. The van der Waals surface area contributed by atoms with Gasteiger partial charge in [0.2, 0.25) is 5.91 Å². The van der Waals surface area contributed by atoms with Crippen LogP contribution in [0.2, 0.25) is 0 Å². The largest absolute Gasteiger partial charge is 0.368 e. The van der Waals surface area contributed by atoms with Gasteiger partial charge in [-0.05, 0) is 35.4 Å². The molecule has 0 saturated carbocycles. The predicted octanol–water partition coefficient (Wildman–Crippen LogP) is 5.09. The van der Waals surface area contributed by atoms with E-state index in [1.807, 2.05) is 17.9 Å². The van der Waals surface area contributed by atoms with Crippen LogP contribution in [0, 0.1) is 6.92 Å². The summed E-state index contributed by atoms with van der Waals surface area (Å²) >= 11 is 1.68. The van der Waals surface area contributed by atoms with Crippen molar-refractivity contribution in [2.24, 2.45) is 0 Å². The first-order valence-electron chi connectivity index (χ1n) is 11.2. The molecule has 5 rings (SSSR count). The molecular formula is C27H27N3OS. The van der Waals surface area contributed by atoms with Crippen LogP contribution in [0.15, 0.2) is 72.8 Å². The van der Waals surface area contributed by atoms with Crippen molar-refractivity contribution in [3.8, 4) is 0 Å². The Balaban J connectivity index is 1.23. The summed E-state index contributed by atoms with van der Waals surface area (Å²) in [4.78, 5) is 23.2. The number of carbonyl (C=O) groups is 1. The Bertz CT molecular complexity index is 1220. The molecule has 1 amide bonds. The number of aromatic nitrogens is 1. The van der Waals surface area contributed by atoms with E-state index in [9.17, 15) is 4.79 Å². The van der Waals surface area contributed by atoms with Crippen LogP contribution in [0.3, 0.4) is 0 Å². The standard InChI is InChI=1S/C27H27N3OS/c1-20-25(19-27(31)30-16-14-29(15-17-30)23-11-3-2-4-12-23)32-26(28-20)18-22-10-7-9-21-8-5-6-13-24(21)22/h2-13H,14-19H2,1H3. The van der Waals surface area contributed by atoms with Crippen LogP contribution in [0.25, 0.3) is 10.8 Å². The number of piperazine rings is 1. The zero-order valence-electron chi connectivity index (χ0n) is 18.3. The molecule has 3 aromatic carbocycles. The van der Waals surface area contributed by atoms with Crippen LogP contribution in [0.4, 0.5) is 5.69 Å². The fourth-order valence-corrected chi connectivity index (χ4v) is 5.52. The Labute approximate surface area is 193 Å². The summed E-state index contributed by atoms with van der Waals surface area (Å²) in [5.74, 6) is 0.209. The fourth-order valence-electron chi connectivity index (χ4n) is 4.44. The van der Waals surface area contributed by atoms with E-state index >= 15 is 0 Å². The topological polar surface area (TPSA) is 36.4 Å². The van der Waals surface area contributed by atoms with Crippen molar-refractivity contribution in [2.75, 3.05) is 31.1 Å². The molecule has 2 heterocycles. The molecule has 1 aliphatic heterocycles. The summed E-state index contributed by atoms with van der Waals surface area (Å²) in [5.41, 5.74) is 3.50. The second kappa shape index (κ2) is 9.13. The van der Waals surface area contributed by atoms with Gasteiger partial charge < -0.3 is 9.80 Å². The molecule has 0 bridgehead atoms. The number of amides is 1. The van der Waals surface area contributed by atoms with Gasteiger partial charge in [-0.25, -0.2) is 4.98 Å². The first-order chi connectivity index (χ1) is 15.7. The van der Waals surface area contributed by atoms with E-state index in [0.717, 1.165) is 48.2 Å². The van der Waals surface area contributed by atoms with Crippen LogP contribution >= 0.6 is 11.3 Å². The lowest BCUT2D eigenvalue weighted by Gasteiger charge is -2.36. The lowest BCUT2D eigenvalue weighted by molar-refractivity contribution is -0.130. The molecule has 4 nitrogen and oxygen atoms in total. The number of nitrogens with zero attached hydrogens (tertiary/aromatic N) is 3. The summed E-state index contributed by atoms with van der Waals surface area (Å²) in [6.45, 7) is 5.33. The molecule has 1 aromatic heterocycles. The van der Waals surface area contributed by atoms with Crippen LogP contribution < -0.4 is 4.90 Å². The van der Waals surface area contributed by atoms with E-state index in [-0.39, 0.29) is 5.91 Å². The Morgan fingerprint density at radius 1 is 0.906 bits per heavy atom. The first-order valence-corrected chi connectivity index (χ1v) is 12.0. The quantitative estimate of drug-likeness (QED) is 0.433. The van der Waals surface area contributed by atoms with Crippen molar-refractivity contribution in [1.29, 1.82) is 0 Å². The number of anilines is 1. The highest BCUT2D eigenvalue weighted by atomic mass is 32.1. The van der Waals surface area contributed by atoms with Crippen LogP contribution in [0.5, 0.6) is 0 Å². The van der Waals surface area contributed by atoms with Gasteiger partial charge in [-0.3, -0.25) is 4.79 Å². The number of aryl methyl sites for hydroxylation is 1. The highest BCUT2D eigenvalue weighted by Gasteiger charge is 2.23. The van der Waals surface area contributed by atoms with Gasteiger partial charge in [0.25, 0.3) is 0 Å². The van der Waals surface area contributed by atoms with Crippen LogP contribution in [-0.2, 0) is 17.6 Å². The zero-order valence-corrected chi connectivity index (χ0v) is 19.1. The van der Waals surface area contributed by atoms with Gasteiger partial charge in [0.05, 0.1) is 17.1 Å². The van der Waals surface area contributed by atoms with E-state index < -0.39 is 0 Å². The van der Waals surface area contributed by atoms with Crippen molar-refractivity contribution >= 4 is 33.7 Å². The van der Waals surface area contributed by atoms with Gasteiger partial charge in [0.15, 0.2) is 0 Å². The highest BCUT2D eigenvalue weighted by molar-refractivity contribution is 7.11. The van der Waals surface area contributed by atoms with Gasteiger partial charge in [0, 0.05) is 43.2 Å². The number of hydrogen-bond donors (Lipinski definition) is 0. The molecule has 32 heavy (non-hydrogen) atoms. The maximum absolute atomic E-state index is 13.0. The smallest absolute Gasteiger partial charge is 0.228 e. The summed E-state index contributed by atoms with van der Waals surface area (Å²) in [6.07, 6.45) is 1.25. The van der Waals surface area contributed by atoms with E-state index in [1.165, 1.54) is 22.0 Å². The van der Waals surface area contributed by atoms with Crippen molar-refractivity contribution in [2.45, 2.75) is 19.8 Å². The number of para-hydroxylation sites is 1. The average molecular weight is 442 g/mol. The number of carbonyl (C=O) groups excluding carboxylic acids is 1. The summed E-state index contributed by atoms with van der Waals surface area (Å²) in [7, 11) is 0. The minimum atomic E-state index is 0.209. The van der Waals surface area contributed by atoms with E-state index in [2.05, 4.69) is 71.6 Å². The first kappa shape index (κ1) is 20.7. The molecule has 1 saturated heterocycles. The summed E-state index contributed by atoms with van der Waals surface area (Å²) < 4.78 is 0. The van der Waals surface area contributed by atoms with Crippen LogP contribution in [-0.4, -0.2) is 42.0 Å². The third kappa shape index (κ3) is 4.39. The van der Waals surface area contributed by atoms with Gasteiger partial charge in [-0.2, -0.15) is 0 Å². The molecule has 4 aromatic rings. The van der Waals surface area contributed by atoms with Crippen molar-refractivity contribution in [1.82, 2.24) is 9.88 Å². The van der Waals surface area contributed by atoms with Gasteiger partial charge in [-0.1, -0.05) is 60.7 Å². The average Bonchev–Trinajstić information content (AvgIpc) is 3.18. The molecule has 0 unspecified atom stereocenters. The Hall–Kier alpha value is -3.18. The zero-order chi connectivity index (χ0) is 21.9. The van der Waals surface area contributed by atoms with Crippen LogP contribution in [0.1, 0.15) is 21.1 Å². The number of hydrogen-bond acceptors (Lipinski definition) is 4. The van der Waals surface area contributed by atoms with Crippen molar-refractivity contribution in [3.05, 3.63) is 93.9 Å². The molecule has 0 radical (unpaired) electrons. The molecule has 1 fully saturated rings. The van der Waals surface area contributed by atoms with E-state index in [0.29, 0.717) is 6.42 Å². The maximum Gasteiger partial charge on any atom is 0.228 e. The Kier molecular flexibility index (Phi) is 5.91. The normalized spacial score (nSPS) is 14.2. The number of thiazole rings is 1. The van der Waals surface area contributed by atoms with Gasteiger partial charge in [-0.15, -0.1) is 11.3 Å². The maximum atomic E-state index is 13.0. The molecule has 0 atom stereocenters. The number of fused-ring (bicyclic) bond motifs is 1. The number of benzene rings is 3. The highest BCUT2D eigenvalue weighted by Crippen LogP contribution is 2.26. The minimum absolute atomic E-state index is 0.209. The second-order valence-corrected chi connectivity index (χ2v) is 9.48. The predicted molar refractivity (Wildman–Crippen MR) is 133 cm³/mol. The van der Waals surface area contributed by atoms with E-state index in [1.54, 1.807) is 11.3 Å². The minimum Gasteiger partial charge on any atom is -0.368 e. The summed E-state index contributed by atoms with van der Waals surface area (Å²) in [6, 6.07) is 25.3. The molecule has 5 heteroatoms. The third-order valence-electron chi connectivity index (χ3n) is 6.22. The lowest BCUT2D eigenvalue weighted by Crippen LogP contribution is -2.49. The molecule has 0 aliphatic carbocycles. The fraction of sp³-hybridized carbons (Fsp3) is 0.259. The van der Waals surface area contributed by atoms with Gasteiger partial charge >= 0.3 is 0 Å². The number of rotatable bonds is 5. The molecular weight excluding hydrogens is 414 g/mol. The summed E-state index contributed by atoms with van der Waals surface area (Å²) in [5, 5.41) is 3.61. The van der Waals surface area contributed by atoms with Crippen molar-refractivity contribution < 1.29 is 4.79 Å². The van der Waals surface area contributed by atoms with Crippen molar-refractivity contribution in [3.63, 3.8) is 0 Å². The Morgan fingerprint density at radius 2 is 1.62 bits per heavy atom. The third-order valence-corrected chi connectivity index (χ3v) is 7.38. The van der Waals surface area contributed by atoms with Gasteiger partial charge in [0.1, 0.15) is 0 Å². The lowest BCUT2D eigenvalue weighted by atomic mass is 10.0. The molecule has 0 N–H and O–H groups in total. The molecule has 1 aliphatic rings. The Morgan fingerprint density at radius 3 is 2.44 bits per heavy atom. The monoisotopic (exact) mass is 441 g/mol. The van der Waals surface area contributed by atoms with E-state index in [4.69, 9.17) is 4.98 Å².